The normalized spacial score (nSPS) is 15.2. The molecule has 0 unspecified atom stereocenters. The summed E-state index contributed by atoms with van der Waals surface area (Å²) in [6, 6.07) is 13.1. The van der Waals surface area contributed by atoms with Crippen molar-refractivity contribution < 1.29 is 51.0 Å². The van der Waals surface area contributed by atoms with Crippen LogP contribution in [0.5, 0.6) is 0 Å². The molecule has 0 amide bonds. The predicted octanol–water partition coefficient (Wildman–Crippen LogP) is 1.24. The van der Waals surface area contributed by atoms with Gasteiger partial charge in [-0.25, -0.2) is 0 Å². The van der Waals surface area contributed by atoms with Gasteiger partial charge in [0.15, 0.2) is 0 Å². The van der Waals surface area contributed by atoms with Crippen molar-refractivity contribution in [3.63, 3.8) is 0 Å². The summed E-state index contributed by atoms with van der Waals surface area (Å²) in [5, 5.41) is 0. The second-order valence-electron chi connectivity index (χ2n) is 7.38. The third-order valence-corrected chi connectivity index (χ3v) is 4.38. The van der Waals surface area contributed by atoms with E-state index >= 15 is 0 Å². The molecule has 0 spiro atoms. The Morgan fingerprint density at radius 1 is 0.548 bits per heavy atom. The summed E-state index contributed by atoms with van der Waals surface area (Å²) in [6.45, 7) is 8.50. The maximum Gasteiger partial charge on any atom is 4.00 e. The van der Waals surface area contributed by atoms with Crippen molar-refractivity contribution >= 4 is 12.2 Å². The molecule has 0 nitrogen and oxygen atoms in total. The van der Waals surface area contributed by atoms with Crippen LogP contribution in [0.1, 0.15) is 33.4 Å². The summed E-state index contributed by atoms with van der Waals surface area (Å²) >= 11 is 0. The van der Waals surface area contributed by atoms with Crippen molar-refractivity contribution in [3.05, 3.63) is 130 Å². The fourth-order valence-electron chi connectivity index (χ4n) is 3.41. The van der Waals surface area contributed by atoms with E-state index in [1.807, 2.05) is 24.3 Å². The Hall–Kier alpha value is -1.66. The van der Waals surface area contributed by atoms with E-state index < -0.39 is 0 Å². The summed E-state index contributed by atoms with van der Waals surface area (Å²) in [4.78, 5) is 0. The Morgan fingerprint density at radius 2 is 0.871 bits per heavy atom. The van der Waals surface area contributed by atoms with Crippen molar-refractivity contribution in [2.75, 3.05) is 0 Å². The Labute approximate surface area is 219 Å². The zero-order valence-corrected chi connectivity index (χ0v) is 22.3. The van der Waals surface area contributed by atoms with Crippen molar-refractivity contribution in [3.8, 4) is 0 Å². The molecule has 0 aliphatic heterocycles. The Balaban J connectivity index is 0.000000529. The molecule has 0 saturated carbocycles. The van der Waals surface area contributed by atoms with E-state index in [4.69, 9.17) is 0 Å². The van der Waals surface area contributed by atoms with E-state index in [0.717, 1.165) is 11.1 Å². The minimum absolute atomic E-state index is 0. The SMILES string of the molecule is Cc1cc(C)cc(C=C2[C-]=CC=C2)c1.Cc1cc(C)cc(C=C2[C-]=CC=C2)c1.[Cl-].[Cl-].[Zr+4]. The molecular formula is C28H26Cl2Zr. The molecule has 0 bridgehead atoms. The smallest absolute Gasteiger partial charge is 1.00 e. The van der Waals surface area contributed by atoms with Crippen LogP contribution in [0.4, 0.5) is 0 Å². The van der Waals surface area contributed by atoms with Crippen LogP contribution >= 0.6 is 0 Å². The fourth-order valence-corrected chi connectivity index (χ4v) is 3.41. The van der Waals surface area contributed by atoms with E-state index in [-0.39, 0.29) is 51.0 Å². The molecule has 3 heteroatoms. The number of benzene rings is 2. The molecular weight excluding hydrogens is 498 g/mol. The Morgan fingerprint density at radius 3 is 1.13 bits per heavy atom. The van der Waals surface area contributed by atoms with Crippen LogP contribution < -0.4 is 24.8 Å². The molecule has 31 heavy (non-hydrogen) atoms. The van der Waals surface area contributed by atoms with Crippen LogP contribution in [0.2, 0.25) is 0 Å². The van der Waals surface area contributed by atoms with E-state index in [1.54, 1.807) is 0 Å². The average molecular weight is 525 g/mol. The summed E-state index contributed by atoms with van der Waals surface area (Å²) in [6.07, 6.45) is 22.7. The number of halogens is 2. The van der Waals surface area contributed by atoms with Crippen LogP contribution in [0.3, 0.4) is 0 Å². The van der Waals surface area contributed by atoms with Gasteiger partial charge in [-0.3, -0.25) is 0 Å². The Bertz CT molecular complexity index is 897. The first kappa shape index (κ1) is 29.3. The number of rotatable bonds is 2. The first-order valence-electron chi connectivity index (χ1n) is 9.61. The van der Waals surface area contributed by atoms with Crippen molar-refractivity contribution in [2.45, 2.75) is 27.7 Å². The molecule has 0 saturated heterocycles. The molecule has 0 radical (unpaired) electrons. The minimum Gasteiger partial charge on any atom is -1.00 e. The maximum atomic E-state index is 3.17. The summed E-state index contributed by atoms with van der Waals surface area (Å²) < 4.78 is 0. The quantitative estimate of drug-likeness (QED) is 0.519. The van der Waals surface area contributed by atoms with Gasteiger partial charge < -0.3 is 24.8 Å². The number of hydrogen-bond donors (Lipinski definition) is 0. The second-order valence-corrected chi connectivity index (χ2v) is 7.38. The van der Waals surface area contributed by atoms with Crippen molar-refractivity contribution in [2.24, 2.45) is 0 Å². The predicted molar refractivity (Wildman–Crippen MR) is 122 cm³/mol. The molecule has 4 rings (SSSR count). The van der Waals surface area contributed by atoms with Gasteiger partial charge >= 0.3 is 26.2 Å². The minimum atomic E-state index is 0. The summed E-state index contributed by atoms with van der Waals surface area (Å²) in [5.41, 5.74) is 10.0. The molecule has 0 N–H and O–H groups in total. The van der Waals surface area contributed by atoms with Crippen LogP contribution in [0, 0.1) is 39.8 Å². The fraction of sp³-hybridized carbons (Fsp3) is 0.143. The van der Waals surface area contributed by atoms with Gasteiger partial charge in [-0.1, -0.05) is 69.8 Å². The van der Waals surface area contributed by atoms with E-state index in [0.29, 0.717) is 0 Å². The van der Waals surface area contributed by atoms with Crippen molar-refractivity contribution in [1.29, 1.82) is 0 Å². The maximum absolute atomic E-state index is 3.17. The molecule has 2 aliphatic rings. The van der Waals surface area contributed by atoms with Gasteiger partial charge in [0, 0.05) is 0 Å². The first-order valence-corrected chi connectivity index (χ1v) is 9.61. The largest absolute Gasteiger partial charge is 4.00 e. The van der Waals surface area contributed by atoms with Crippen LogP contribution in [-0.4, -0.2) is 0 Å². The van der Waals surface area contributed by atoms with Crippen LogP contribution in [0.25, 0.3) is 12.2 Å². The van der Waals surface area contributed by atoms with Gasteiger partial charge in [0.1, 0.15) is 0 Å². The topological polar surface area (TPSA) is 0 Å². The van der Waals surface area contributed by atoms with E-state index in [9.17, 15) is 0 Å². The standard InChI is InChI=1S/2C14H13.2ClH.Zr/c2*1-11-7-12(2)9-14(8-11)10-13-5-3-4-6-13;;;/h2*3-5,7-10H,1-2H3;2*1H;/q2*-1;;;+4/p-2. The average Bonchev–Trinajstić information content (AvgIpc) is 3.27. The van der Waals surface area contributed by atoms with Crippen LogP contribution in [-0.2, 0) is 26.2 Å². The monoisotopic (exact) mass is 522 g/mol. The van der Waals surface area contributed by atoms with Gasteiger partial charge in [-0.15, -0.1) is 24.3 Å². The van der Waals surface area contributed by atoms with E-state index in [2.05, 4.69) is 101 Å². The number of allylic oxidation sites excluding steroid dienone is 10. The van der Waals surface area contributed by atoms with Gasteiger partial charge in [-0.05, 0) is 27.7 Å². The second kappa shape index (κ2) is 14.4. The summed E-state index contributed by atoms with van der Waals surface area (Å²) in [5.74, 6) is 0. The first-order chi connectivity index (χ1) is 13.5. The summed E-state index contributed by atoms with van der Waals surface area (Å²) in [7, 11) is 0. The molecule has 2 aromatic rings. The zero-order chi connectivity index (χ0) is 19.9. The molecule has 156 valence electrons. The molecule has 0 heterocycles. The third-order valence-electron chi connectivity index (χ3n) is 4.38. The van der Waals surface area contributed by atoms with E-state index in [1.165, 1.54) is 33.4 Å². The van der Waals surface area contributed by atoms with Gasteiger partial charge in [-0.2, -0.15) is 47.6 Å². The van der Waals surface area contributed by atoms with Gasteiger partial charge in [0.2, 0.25) is 0 Å². The van der Waals surface area contributed by atoms with Gasteiger partial charge in [0.25, 0.3) is 0 Å². The number of aryl methyl sites for hydroxylation is 4. The van der Waals surface area contributed by atoms with Crippen LogP contribution in [0.15, 0.2) is 84.0 Å². The Kier molecular flexibility index (Phi) is 13.6. The zero-order valence-electron chi connectivity index (χ0n) is 18.3. The van der Waals surface area contributed by atoms with Crippen molar-refractivity contribution in [1.82, 2.24) is 0 Å². The molecule has 0 aromatic heterocycles. The molecule has 2 aromatic carbocycles. The number of hydrogen-bond acceptors (Lipinski definition) is 0. The molecule has 0 fully saturated rings. The molecule has 0 atom stereocenters. The molecule has 2 aliphatic carbocycles. The third kappa shape index (κ3) is 10.0. The van der Waals surface area contributed by atoms with Gasteiger partial charge in [0.05, 0.1) is 0 Å².